The van der Waals surface area contributed by atoms with E-state index in [-0.39, 0.29) is 5.56 Å². The minimum Gasteiger partial charge on any atom is -0.497 e. The smallest absolute Gasteiger partial charge is 0.267 e. The normalized spacial score (nSPS) is 13.1. The molecule has 1 aliphatic rings. The summed E-state index contributed by atoms with van der Waals surface area (Å²) in [5, 5.41) is 5.15. The van der Waals surface area contributed by atoms with Crippen LogP contribution in [0.15, 0.2) is 53.1 Å². The number of aromatic nitrogens is 3. The van der Waals surface area contributed by atoms with Gasteiger partial charge in [0, 0.05) is 16.7 Å². The zero-order valence-electron chi connectivity index (χ0n) is 17.4. The number of hydrogen-bond acceptors (Lipinski definition) is 6. The minimum absolute atomic E-state index is 0.235. The second kappa shape index (κ2) is 7.45. The number of halogens is 1. The van der Waals surface area contributed by atoms with Gasteiger partial charge in [-0.05, 0) is 43.3 Å². The quantitative estimate of drug-likeness (QED) is 0.394. The maximum atomic E-state index is 13.5. The van der Waals surface area contributed by atoms with Crippen molar-refractivity contribution in [2.24, 2.45) is 0 Å². The summed E-state index contributed by atoms with van der Waals surface area (Å²) in [6.07, 6.45) is 1.43. The number of amides is 2. The minimum atomic E-state index is -0.460. The third-order valence-corrected chi connectivity index (χ3v) is 5.95. The first-order valence-corrected chi connectivity index (χ1v) is 10.5. The molecule has 0 saturated heterocycles. The lowest BCUT2D eigenvalue weighted by Crippen LogP contribution is -2.29. The van der Waals surface area contributed by atoms with Gasteiger partial charge in [0.1, 0.15) is 11.5 Å². The Morgan fingerprint density at radius 1 is 0.969 bits per heavy atom. The summed E-state index contributed by atoms with van der Waals surface area (Å²) in [6, 6.07) is 12.5. The van der Waals surface area contributed by atoms with Crippen LogP contribution in [0.5, 0.6) is 11.5 Å². The SMILES string of the molecule is COc1ccc(N2C(=O)c3cnc4c(c(C)nn4-c4ccc(Br)cc4)c3C2=O)c(OC)c1. The average Bonchev–Trinajstić information content (AvgIpc) is 3.27. The number of rotatable bonds is 4. The largest absolute Gasteiger partial charge is 0.497 e. The molecule has 0 radical (unpaired) electrons. The molecule has 1 aliphatic heterocycles. The van der Waals surface area contributed by atoms with E-state index in [4.69, 9.17) is 9.47 Å². The highest BCUT2D eigenvalue weighted by Crippen LogP contribution is 2.39. The van der Waals surface area contributed by atoms with Gasteiger partial charge in [-0.25, -0.2) is 14.6 Å². The highest BCUT2D eigenvalue weighted by atomic mass is 79.9. The molecule has 9 heteroatoms. The van der Waals surface area contributed by atoms with Crippen LogP contribution in [-0.2, 0) is 0 Å². The number of aryl methyl sites for hydroxylation is 1. The van der Waals surface area contributed by atoms with Gasteiger partial charge in [-0.1, -0.05) is 15.9 Å². The Kier molecular flexibility index (Phi) is 4.70. The zero-order chi connectivity index (χ0) is 22.6. The van der Waals surface area contributed by atoms with E-state index < -0.39 is 11.8 Å². The van der Waals surface area contributed by atoms with E-state index in [0.717, 1.165) is 15.1 Å². The number of pyridine rings is 1. The number of benzene rings is 2. The van der Waals surface area contributed by atoms with Crippen LogP contribution in [0.3, 0.4) is 0 Å². The highest BCUT2D eigenvalue weighted by Gasteiger charge is 2.41. The maximum absolute atomic E-state index is 13.5. The van der Waals surface area contributed by atoms with Crippen molar-refractivity contribution in [2.45, 2.75) is 6.92 Å². The summed E-state index contributed by atoms with van der Waals surface area (Å²) in [5.74, 6) is 0.00112. The topological polar surface area (TPSA) is 86.5 Å². The van der Waals surface area contributed by atoms with E-state index in [1.807, 2.05) is 24.3 Å². The van der Waals surface area contributed by atoms with Crippen molar-refractivity contribution in [1.82, 2.24) is 14.8 Å². The Bertz CT molecular complexity index is 1410. The number of imide groups is 1. The molecule has 0 N–H and O–H groups in total. The van der Waals surface area contributed by atoms with E-state index in [9.17, 15) is 9.59 Å². The number of carbonyl (C=O) groups is 2. The maximum Gasteiger partial charge on any atom is 0.267 e. The van der Waals surface area contributed by atoms with Crippen molar-refractivity contribution >= 4 is 44.5 Å². The van der Waals surface area contributed by atoms with Crippen LogP contribution in [0.1, 0.15) is 26.4 Å². The molecule has 0 saturated carbocycles. The lowest BCUT2D eigenvalue weighted by molar-refractivity contribution is 0.0925. The number of anilines is 1. The van der Waals surface area contributed by atoms with Crippen LogP contribution in [0.2, 0.25) is 0 Å². The Labute approximate surface area is 191 Å². The number of methoxy groups -OCH3 is 2. The molecule has 32 heavy (non-hydrogen) atoms. The van der Waals surface area contributed by atoms with Crippen molar-refractivity contribution in [1.29, 1.82) is 0 Å². The summed E-state index contributed by atoms with van der Waals surface area (Å²) < 4.78 is 13.3. The molecule has 2 aromatic carbocycles. The van der Waals surface area contributed by atoms with Gasteiger partial charge in [0.15, 0.2) is 5.65 Å². The van der Waals surface area contributed by atoms with Crippen LogP contribution in [-0.4, -0.2) is 40.8 Å². The molecule has 0 fully saturated rings. The van der Waals surface area contributed by atoms with E-state index in [1.165, 1.54) is 20.4 Å². The first-order chi connectivity index (χ1) is 15.4. The number of ether oxygens (including phenoxy) is 2. The Balaban J connectivity index is 1.68. The molecule has 0 unspecified atom stereocenters. The van der Waals surface area contributed by atoms with Crippen molar-refractivity contribution in [3.8, 4) is 17.2 Å². The summed E-state index contributed by atoms with van der Waals surface area (Å²) in [4.78, 5) is 32.4. The van der Waals surface area contributed by atoms with Gasteiger partial charge in [0.05, 0.1) is 47.8 Å². The van der Waals surface area contributed by atoms with Gasteiger partial charge >= 0.3 is 0 Å². The number of fused-ring (bicyclic) bond motifs is 3. The average molecular weight is 493 g/mol. The van der Waals surface area contributed by atoms with Crippen molar-refractivity contribution in [2.75, 3.05) is 19.1 Å². The molecule has 3 heterocycles. The fourth-order valence-electron chi connectivity index (χ4n) is 3.91. The van der Waals surface area contributed by atoms with Crippen LogP contribution in [0, 0.1) is 6.92 Å². The van der Waals surface area contributed by atoms with Gasteiger partial charge < -0.3 is 9.47 Å². The molecule has 0 bridgehead atoms. The summed E-state index contributed by atoms with van der Waals surface area (Å²) >= 11 is 3.43. The van der Waals surface area contributed by atoms with E-state index in [2.05, 4.69) is 26.0 Å². The van der Waals surface area contributed by atoms with Crippen LogP contribution in [0.4, 0.5) is 5.69 Å². The van der Waals surface area contributed by atoms with Gasteiger partial charge in [-0.3, -0.25) is 9.59 Å². The molecule has 0 spiro atoms. The molecule has 2 amide bonds. The molecule has 8 nitrogen and oxygen atoms in total. The van der Waals surface area contributed by atoms with Gasteiger partial charge in [0.25, 0.3) is 11.8 Å². The third-order valence-electron chi connectivity index (χ3n) is 5.42. The molecular formula is C23H17BrN4O4. The Morgan fingerprint density at radius 2 is 1.72 bits per heavy atom. The van der Waals surface area contributed by atoms with E-state index in [0.29, 0.717) is 39.5 Å². The molecule has 5 rings (SSSR count). The number of hydrogen-bond donors (Lipinski definition) is 0. The van der Waals surface area contributed by atoms with E-state index in [1.54, 1.807) is 29.8 Å². The van der Waals surface area contributed by atoms with E-state index >= 15 is 0 Å². The molecule has 2 aromatic heterocycles. The van der Waals surface area contributed by atoms with Crippen molar-refractivity contribution in [3.05, 3.63) is 70.0 Å². The highest BCUT2D eigenvalue weighted by molar-refractivity contribution is 9.10. The fourth-order valence-corrected chi connectivity index (χ4v) is 4.18. The zero-order valence-corrected chi connectivity index (χ0v) is 19.0. The van der Waals surface area contributed by atoms with Crippen LogP contribution < -0.4 is 14.4 Å². The first-order valence-electron chi connectivity index (χ1n) is 9.69. The van der Waals surface area contributed by atoms with Gasteiger partial charge in [-0.15, -0.1) is 0 Å². The summed E-state index contributed by atoms with van der Waals surface area (Å²) in [7, 11) is 3.01. The monoisotopic (exact) mass is 492 g/mol. The molecule has 0 aliphatic carbocycles. The standard InChI is InChI=1S/C23H17BrN4O4/c1-12-19-20-16(11-25-21(19)28(26-12)14-6-4-13(24)5-7-14)22(29)27(23(20)30)17-9-8-15(31-2)10-18(17)32-3/h4-11H,1-3H3. The Hall–Kier alpha value is -3.72. The number of nitrogens with zero attached hydrogens (tertiary/aromatic N) is 4. The number of carbonyl (C=O) groups excluding carboxylic acids is 2. The summed E-state index contributed by atoms with van der Waals surface area (Å²) in [5.41, 5.74) is 2.78. The fraction of sp³-hybridized carbons (Fsp3) is 0.130. The lowest BCUT2D eigenvalue weighted by atomic mass is 10.1. The molecule has 0 atom stereocenters. The van der Waals surface area contributed by atoms with Crippen molar-refractivity contribution in [3.63, 3.8) is 0 Å². The first kappa shape index (κ1) is 20.2. The van der Waals surface area contributed by atoms with Crippen LogP contribution >= 0.6 is 15.9 Å². The van der Waals surface area contributed by atoms with Crippen molar-refractivity contribution < 1.29 is 19.1 Å². The molecule has 4 aromatic rings. The second-order valence-electron chi connectivity index (χ2n) is 7.20. The van der Waals surface area contributed by atoms with Gasteiger partial charge in [0.2, 0.25) is 0 Å². The Morgan fingerprint density at radius 3 is 2.41 bits per heavy atom. The predicted octanol–water partition coefficient (Wildman–Crippen LogP) is 4.31. The lowest BCUT2D eigenvalue weighted by Gasteiger charge is -2.18. The third kappa shape index (κ3) is 2.89. The molecule has 160 valence electrons. The molecular weight excluding hydrogens is 476 g/mol. The van der Waals surface area contributed by atoms with Gasteiger partial charge in [-0.2, -0.15) is 5.10 Å². The second-order valence-corrected chi connectivity index (χ2v) is 8.12. The summed E-state index contributed by atoms with van der Waals surface area (Å²) in [6.45, 7) is 1.80. The van der Waals surface area contributed by atoms with Crippen LogP contribution in [0.25, 0.3) is 16.7 Å². The predicted molar refractivity (Wildman–Crippen MR) is 122 cm³/mol.